The topological polar surface area (TPSA) is 26.0 Å². The van der Waals surface area contributed by atoms with E-state index in [0.29, 0.717) is 0 Å². The fourth-order valence-electron chi connectivity index (χ4n) is 0.723. The lowest BCUT2D eigenvalue weighted by molar-refractivity contribution is 0.962. The number of hydrogen-bond acceptors (Lipinski definition) is 1. The van der Waals surface area contributed by atoms with Crippen molar-refractivity contribution >= 4 is 0 Å². The SMILES string of the molecule is CC1=CC=CCC1.CN. The molecule has 52 valence electrons. The van der Waals surface area contributed by atoms with Crippen LogP contribution in [0.5, 0.6) is 0 Å². The van der Waals surface area contributed by atoms with Gasteiger partial charge in [-0.25, -0.2) is 0 Å². The van der Waals surface area contributed by atoms with Crippen LogP contribution in [0.2, 0.25) is 0 Å². The molecule has 1 aliphatic carbocycles. The van der Waals surface area contributed by atoms with Gasteiger partial charge in [0.05, 0.1) is 0 Å². The number of hydrogen-bond donors (Lipinski definition) is 1. The molecule has 0 amide bonds. The molecule has 1 rings (SSSR count). The minimum atomic E-state index is 1.24. The summed E-state index contributed by atoms with van der Waals surface area (Å²) in [6, 6.07) is 0. The smallest absolute Gasteiger partial charge is 0.0195 e. The molecule has 2 N–H and O–H groups in total. The van der Waals surface area contributed by atoms with Crippen LogP contribution in [0.1, 0.15) is 19.8 Å². The van der Waals surface area contributed by atoms with Gasteiger partial charge < -0.3 is 5.73 Å². The molecule has 0 unspecified atom stereocenters. The quantitative estimate of drug-likeness (QED) is 0.525. The van der Waals surface area contributed by atoms with Crippen molar-refractivity contribution in [3.63, 3.8) is 0 Å². The lowest BCUT2D eigenvalue weighted by Crippen LogP contribution is -1.78. The lowest BCUT2D eigenvalue weighted by Gasteiger charge is -1.98. The first-order valence-corrected chi connectivity index (χ1v) is 3.29. The minimum Gasteiger partial charge on any atom is -0.333 e. The second-order valence-electron chi connectivity index (χ2n) is 1.98. The fraction of sp³-hybridized carbons (Fsp3) is 0.500. The van der Waals surface area contributed by atoms with Crippen LogP contribution in [0.4, 0.5) is 0 Å². The molecule has 0 atom stereocenters. The molecule has 0 saturated carbocycles. The van der Waals surface area contributed by atoms with Gasteiger partial charge >= 0.3 is 0 Å². The highest BCUT2D eigenvalue weighted by Gasteiger charge is 1.88. The summed E-state index contributed by atoms with van der Waals surface area (Å²) in [5.74, 6) is 0. The first-order valence-electron chi connectivity index (χ1n) is 3.29. The van der Waals surface area contributed by atoms with Crippen LogP contribution < -0.4 is 5.73 Å². The number of rotatable bonds is 0. The van der Waals surface area contributed by atoms with E-state index in [0.717, 1.165) is 0 Å². The highest BCUT2D eigenvalue weighted by Crippen LogP contribution is 2.08. The van der Waals surface area contributed by atoms with Gasteiger partial charge in [-0.15, -0.1) is 0 Å². The van der Waals surface area contributed by atoms with E-state index in [2.05, 4.69) is 30.9 Å². The first kappa shape index (κ1) is 8.44. The summed E-state index contributed by atoms with van der Waals surface area (Å²) in [5.41, 5.74) is 6.00. The Hall–Kier alpha value is -0.560. The van der Waals surface area contributed by atoms with Crippen molar-refractivity contribution in [2.75, 3.05) is 7.05 Å². The normalized spacial score (nSPS) is 15.7. The molecule has 0 radical (unpaired) electrons. The van der Waals surface area contributed by atoms with Gasteiger partial charge in [0.1, 0.15) is 0 Å². The Bertz CT molecular complexity index is 112. The molecule has 0 aromatic carbocycles. The molecule has 9 heavy (non-hydrogen) atoms. The van der Waals surface area contributed by atoms with Gasteiger partial charge in [0, 0.05) is 0 Å². The zero-order valence-electron chi connectivity index (χ0n) is 6.22. The number of allylic oxidation sites excluding steroid dienone is 4. The van der Waals surface area contributed by atoms with E-state index in [4.69, 9.17) is 0 Å². The highest BCUT2D eigenvalue weighted by molar-refractivity contribution is 5.15. The first-order chi connectivity index (χ1) is 4.39. The molecule has 1 aliphatic rings. The predicted molar refractivity (Wildman–Crippen MR) is 42.2 cm³/mol. The van der Waals surface area contributed by atoms with E-state index in [1.807, 2.05) is 0 Å². The summed E-state index contributed by atoms with van der Waals surface area (Å²) in [6.45, 7) is 2.17. The Kier molecular flexibility index (Phi) is 5.23. The van der Waals surface area contributed by atoms with Gasteiger partial charge in [0.2, 0.25) is 0 Å². The second-order valence-corrected chi connectivity index (χ2v) is 1.98. The average Bonchev–Trinajstić information content (AvgIpc) is 1.94. The summed E-state index contributed by atoms with van der Waals surface area (Å²) >= 11 is 0. The van der Waals surface area contributed by atoms with Gasteiger partial charge in [-0.3, -0.25) is 0 Å². The Morgan fingerprint density at radius 1 is 1.44 bits per heavy atom. The van der Waals surface area contributed by atoms with Crippen molar-refractivity contribution in [3.05, 3.63) is 23.8 Å². The van der Waals surface area contributed by atoms with Gasteiger partial charge in [0.25, 0.3) is 0 Å². The maximum Gasteiger partial charge on any atom is -0.0195 e. The Balaban J connectivity index is 0.000000291. The molecule has 0 aromatic heterocycles. The van der Waals surface area contributed by atoms with Crippen LogP contribution in [-0.4, -0.2) is 7.05 Å². The summed E-state index contributed by atoms with van der Waals surface area (Å²) < 4.78 is 0. The lowest BCUT2D eigenvalue weighted by atomic mass is 10.1. The molecule has 0 spiro atoms. The van der Waals surface area contributed by atoms with Crippen molar-refractivity contribution in [1.29, 1.82) is 0 Å². The third-order valence-corrected chi connectivity index (χ3v) is 1.22. The molecule has 0 bridgehead atoms. The monoisotopic (exact) mass is 125 g/mol. The minimum absolute atomic E-state index is 1.24. The van der Waals surface area contributed by atoms with Crippen LogP contribution in [-0.2, 0) is 0 Å². The molecular weight excluding hydrogens is 110 g/mol. The highest BCUT2D eigenvalue weighted by atomic mass is 14.4. The Labute approximate surface area is 57.3 Å². The van der Waals surface area contributed by atoms with E-state index in [1.165, 1.54) is 25.5 Å². The zero-order chi connectivity index (χ0) is 7.11. The van der Waals surface area contributed by atoms with E-state index in [-0.39, 0.29) is 0 Å². The van der Waals surface area contributed by atoms with Gasteiger partial charge in [-0.2, -0.15) is 0 Å². The fourth-order valence-corrected chi connectivity index (χ4v) is 0.723. The summed E-state index contributed by atoms with van der Waals surface area (Å²) in [5, 5.41) is 0. The molecule has 0 aromatic rings. The Morgan fingerprint density at radius 2 is 2.11 bits per heavy atom. The summed E-state index contributed by atoms with van der Waals surface area (Å²) in [7, 11) is 1.50. The molecular formula is C8H15N. The molecule has 0 heterocycles. The van der Waals surface area contributed by atoms with Crippen LogP contribution in [0.3, 0.4) is 0 Å². The maximum atomic E-state index is 4.50. The Morgan fingerprint density at radius 3 is 2.33 bits per heavy atom. The van der Waals surface area contributed by atoms with Gasteiger partial charge in [-0.05, 0) is 26.8 Å². The third-order valence-electron chi connectivity index (χ3n) is 1.22. The van der Waals surface area contributed by atoms with Gasteiger partial charge in [-0.1, -0.05) is 23.8 Å². The van der Waals surface area contributed by atoms with Crippen LogP contribution in [0.15, 0.2) is 23.8 Å². The van der Waals surface area contributed by atoms with Crippen LogP contribution in [0.25, 0.3) is 0 Å². The predicted octanol–water partition coefficient (Wildman–Crippen LogP) is 1.86. The van der Waals surface area contributed by atoms with Crippen molar-refractivity contribution in [2.45, 2.75) is 19.8 Å². The maximum absolute atomic E-state index is 4.50. The van der Waals surface area contributed by atoms with Crippen molar-refractivity contribution in [1.82, 2.24) is 0 Å². The van der Waals surface area contributed by atoms with E-state index in [1.54, 1.807) is 0 Å². The third kappa shape index (κ3) is 3.98. The number of nitrogens with two attached hydrogens (primary N) is 1. The van der Waals surface area contributed by atoms with E-state index in [9.17, 15) is 0 Å². The van der Waals surface area contributed by atoms with Crippen molar-refractivity contribution < 1.29 is 0 Å². The molecule has 0 aliphatic heterocycles. The second kappa shape index (κ2) is 5.57. The molecule has 0 fully saturated rings. The zero-order valence-corrected chi connectivity index (χ0v) is 6.22. The standard InChI is InChI=1S/C7H10.CH5N/c1-7-5-3-2-4-6-7;1-2/h2-3,5H,4,6H2,1H3;2H2,1H3. The van der Waals surface area contributed by atoms with Crippen LogP contribution in [0, 0.1) is 0 Å². The average molecular weight is 125 g/mol. The molecule has 0 saturated heterocycles. The largest absolute Gasteiger partial charge is 0.333 e. The van der Waals surface area contributed by atoms with Crippen molar-refractivity contribution in [2.24, 2.45) is 5.73 Å². The summed E-state index contributed by atoms with van der Waals surface area (Å²) in [4.78, 5) is 0. The van der Waals surface area contributed by atoms with Crippen molar-refractivity contribution in [3.8, 4) is 0 Å². The van der Waals surface area contributed by atoms with Gasteiger partial charge in [0.15, 0.2) is 0 Å². The summed E-state index contributed by atoms with van der Waals surface area (Å²) in [6.07, 6.45) is 8.99. The van der Waals surface area contributed by atoms with E-state index >= 15 is 0 Å². The van der Waals surface area contributed by atoms with E-state index < -0.39 is 0 Å². The molecule has 1 nitrogen and oxygen atoms in total. The van der Waals surface area contributed by atoms with Crippen LogP contribution >= 0.6 is 0 Å². The molecule has 1 heteroatoms.